The maximum atomic E-state index is 2.43. The summed E-state index contributed by atoms with van der Waals surface area (Å²) in [5.74, 6) is 0. The average molecular weight is 412 g/mol. The normalized spacial score (nSPS) is 10.7. The lowest BCUT2D eigenvalue weighted by atomic mass is 9.92. The van der Waals surface area contributed by atoms with Crippen molar-refractivity contribution in [3.63, 3.8) is 0 Å². The highest BCUT2D eigenvalue weighted by atomic mass is 127. The topological polar surface area (TPSA) is 0 Å². The number of rotatable bonds is 4. The molecule has 0 heterocycles. The SMILES string of the molecule is Cc1ccccc1Cc1cccc(Cc2ccccc2I)c1C. The van der Waals surface area contributed by atoms with E-state index in [1.165, 1.54) is 37.0 Å². The van der Waals surface area contributed by atoms with Crippen molar-refractivity contribution in [3.05, 3.63) is 104 Å². The summed E-state index contributed by atoms with van der Waals surface area (Å²) in [6, 6.07) is 24.1. The highest BCUT2D eigenvalue weighted by Crippen LogP contribution is 2.23. The number of hydrogen-bond donors (Lipinski definition) is 0. The second-order valence-electron chi connectivity index (χ2n) is 6.07. The molecular weight excluding hydrogens is 391 g/mol. The van der Waals surface area contributed by atoms with Gasteiger partial charge in [-0.15, -0.1) is 0 Å². The zero-order valence-corrected chi connectivity index (χ0v) is 15.8. The molecule has 0 fully saturated rings. The molecule has 1 heteroatoms. The van der Waals surface area contributed by atoms with Crippen LogP contribution in [0.5, 0.6) is 0 Å². The molecule has 116 valence electrons. The summed E-state index contributed by atoms with van der Waals surface area (Å²) in [5.41, 5.74) is 8.49. The summed E-state index contributed by atoms with van der Waals surface area (Å²) in [6.07, 6.45) is 2.02. The van der Waals surface area contributed by atoms with Crippen LogP contribution >= 0.6 is 22.6 Å². The van der Waals surface area contributed by atoms with Gasteiger partial charge < -0.3 is 0 Å². The molecule has 0 nitrogen and oxygen atoms in total. The molecule has 0 aromatic heterocycles. The van der Waals surface area contributed by atoms with Crippen molar-refractivity contribution in [2.45, 2.75) is 26.7 Å². The van der Waals surface area contributed by atoms with Gasteiger partial charge in [0, 0.05) is 3.57 Å². The fourth-order valence-corrected chi connectivity index (χ4v) is 3.56. The summed E-state index contributed by atoms with van der Waals surface area (Å²) in [7, 11) is 0. The molecule has 0 radical (unpaired) electrons. The molecule has 0 aliphatic carbocycles. The molecule has 0 atom stereocenters. The Hall–Kier alpha value is -1.61. The van der Waals surface area contributed by atoms with Gasteiger partial charge >= 0.3 is 0 Å². The van der Waals surface area contributed by atoms with Gasteiger partial charge in [0.1, 0.15) is 0 Å². The number of halogens is 1. The first-order valence-electron chi connectivity index (χ1n) is 8.00. The molecule has 0 aliphatic rings. The van der Waals surface area contributed by atoms with Gasteiger partial charge in [-0.1, -0.05) is 60.7 Å². The van der Waals surface area contributed by atoms with Crippen LogP contribution in [0.3, 0.4) is 0 Å². The molecule has 3 aromatic carbocycles. The van der Waals surface area contributed by atoms with Crippen LogP contribution in [0.4, 0.5) is 0 Å². The maximum Gasteiger partial charge on any atom is 0.0165 e. The second-order valence-corrected chi connectivity index (χ2v) is 7.23. The Morgan fingerprint density at radius 3 is 1.78 bits per heavy atom. The van der Waals surface area contributed by atoms with E-state index in [1.54, 1.807) is 0 Å². The summed E-state index contributed by atoms with van der Waals surface area (Å²) in [6.45, 7) is 4.46. The Morgan fingerprint density at radius 2 is 1.13 bits per heavy atom. The smallest absolute Gasteiger partial charge is 0.0165 e. The summed E-state index contributed by atoms with van der Waals surface area (Å²) < 4.78 is 1.34. The number of aryl methyl sites for hydroxylation is 1. The molecule has 0 aliphatic heterocycles. The van der Waals surface area contributed by atoms with Gasteiger partial charge in [-0.25, -0.2) is 0 Å². The van der Waals surface area contributed by atoms with Crippen LogP contribution in [-0.2, 0) is 12.8 Å². The molecule has 0 bridgehead atoms. The Kier molecular flexibility index (Phi) is 5.16. The van der Waals surface area contributed by atoms with E-state index in [9.17, 15) is 0 Å². The molecule has 0 saturated heterocycles. The van der Waals surface area contributed by atoms with Crippen LogP contribution < -0.4 is 0 Å². The van der Waals surface area contributed by atoms with Crippen molar-refractivity contribution in [2.24, 2.45) is 0 Å². The van der Waals surface area contributed by atoms with E-state index in [4.69, 9.17) is 0 Å². The lowest BCUT2D eigenvalue weighted by Crippen LogP contribution is -2.00. The third-order valence-electron chi connectivity index (χ3n) is 4.54. The first-order valence-corrected chi connectivity index (χ1v) is 9.08. The van der Waals surface area contributed by atoms with Gasteiger partial charge in [-0.05, 0) is 88.7 Å². The van der Waals surface area contributed by atoms with Crippen LogP contribution in [0.25, 0.3) is 0 Å². The Morgan fingerprint density at radius 1 is 0.609 bits per heavy atom. The first kappa shape index (κ1) is 16.3. The van der Waals surface area contributed by atoms with E-state index in [1.807, 2.05) is 0 Å². The molecule has 0 N–H and O–H groups in total. The van der Waals surface area contributed by atoms with Crippen LogP contribution in [-0.4, -0.2) is 0 Å². The van der Waals surface area contributed by atoms with Crippen molar-refractivity contribution >= 4 is 22.6 Å². The van der Waals surface area contributed by atoms with Gasteiger partial charge in [-0.2, -0.15) is 0 Å². The zero-order chi connectivity index (χ0) is 16.2. The van der Waals surface area contributed by atoms with Crippen LogP contribution in [0.15, 0.2) is 66.7 Å². The van der Waals surface area contributed by atoms with Gasteiger partial charge in [0.05, 0.1) is 0 Å². The molecule has 3 rings (SSSR count). The van der Waals surface area contributed by atoms with Gasteiger partial charge in [0.15, 0.2) is 0 Å². The van der Waals surface area contributed by atoms with Crippen molar-refractivity contribution in [1.82, 2.24) is 0 Å². The van der Waals surface area contributed by atoms with Crippen molar-refractivity contribution < 1.29 is 0 Å². The van der Waals surface area contributed by atoms with Gasteiger partial charge in [-0.3, -0.25) is 0 Å². The number of benzene rings is 3. The van der Waals surface area contributed by atoms with E-state index in [2.05, 4.69) is 103 Å². The molecule has 0 amide bonds. The highest BCUT2D eigenvalue weighted by molar-refractivity contribution is 14.1. The third-order valence-corrected chi connectivity index (χ3v) is 5.59. The third kappa shape index (κ3) is 3.84. The summed E-state index contributed by atoms with van der Waals surface area (Å²) >= 11 is 2.43. The van der Waals surface area contributed by atoms with Crippen molar-refractivity contribution in [2.75, 3.05) is 0 Å². The Balaban J connectivity index is 1.90. The summed E-state index contributed by atoms with van der Waals surface area (Å²) in [5, 5.41) is 0. The van der Waals surface area contributed by atoms with Crippen LogP contribution in [0, 0.1) is 17.4 Å². The quantitative estimate of drug-likeness (QED) is 0.455. The minimum atomic E-state index is 1.01. The second kappa shape index (κ2) is 7.31. The Bertz CT molecular complexity index is 752. The molecule has 3 aromatic rings. The van der Waals surface area contributed by atoms with E-state index >= 15 is 0 Å². The lowest BCUT2D eigenvalue weighted by Gasteiger charge is -2.13. The van der Waals surface area contributed by atoms with Crippen LogP contribution in [0.1, 0.15) is 33.4 Å². The monoisotopic (exact) mass is 412 g/mol. The predicted molar refractivity (Wildman–Crippen MR) is 107 cm³/mol. The molecule has 0 unspecified atom stereocenters. The lowest BCUT2D eigenvalue weighted by molar-refractivity contribution is 1.08. The largest absolute Gasteiger partial charge is 0.0620 e. The van der Waals surface area contributed by atoms with Gasteiger partial charge in [0.2, 0.25) is 0 Å². The van der Waals surface area contributed by atoms with E-state index < -0.39 is 0 Å². The first-order chi connectivity index (χ1) is 11.1. The average Bonchev–Trinajstić information content (AvgIpc) is 2.55. The van der Waals surface area contributed by atoms with Crippen molar-refractivity contribution in [1.29, 1.82) is 0 Å². The van der Waals surface area contributed by atoms with Crippen LogP contribution in [0.2, 0.25) is 0 Å². The molecule has 0 spiro atoms. The van der Waals surface area contributed by atoms with E-state index in [0.717, 1.165) is 12.8 Å². The zero-order valence-electron chi connectivity index (χ0n) is 13.6. The standard InChI is InChI=1S/C22H21I/c1-16-8-3-4-9-18(16)14-19-11-7-12-20(17(19)2)15-21-10-5-6-13-22(21)23/h3-13H,14-15H2,1-2H3. The van der Waals surface area contributed by atoms with Gasteiger partial charge in [0.25, 0.3) is 0 Å². The predicted octanol–water partition coefficient (Wildman–Crippen LogP) is 6.09. The highest BCUT2D eigenvalue weighted by Gasteiger charge is 2.08. The molecule has 0 saturated carbocycles. The van der Waals surface area contributed by atoms with Crippen molar-refractivity contribution in [3.8, 4) is 0 Å². The fourth-order valence-electron chi connectivity index (χ4n) is 2.98. The van der Waals surface area contributed by atoms with E-state index in [0.29, 0.717) is 0 Å². The summed E-state index contributed by atoms with van der Waals surface area (Å²) in [4.78, 5) is 0. The maximum absolute atomic E-state index is 2.43. The molecular formula is C22H21I. The van der Waals surface area contributed by atoms with E-state index in [-0.39, 0.29) is 0 Å². The minimum Gasteiger partial charge on any atom is -0.0620 e. The number of hydrogen-bond acceptors (Lipinski definition) is 0. The minimum absolute atomic E-state index is 1.01. The Labute approximate surface area is 152 Å². The molecule has 23 heavy (non-hydrogen) atoms. The fraction of sp³-hybridized carbons (Fsp3) is 0.182.